The molecule has 1 atom stereocenters. The lowest BCUT2D eigenvalue weighted by molar-refractivity contribution is 0.182. The molecule has 23 heavy (non-hydrogen) atoms. The van der Waals surface area contributed by atoms with Gasteiger partial charge in [-0.15, -0.1) is 0 Å². The Kier molecular flexibility index (Phi) is 6.88. The number of rotatable bonds is 7. The summed E-state index contributed by atoms with van der Waals surface area (Å²) < 4.78 is 33.4. The molecule has 2 rings (SSSR count). The van der Waals surface area contributed by atoms with Gasteiger partial charge in [-0.3, -0.25) is 0 Å². The van der Waals surface area contributed by atoms with Gasteiger partial charge in [0.2, 0.25) is 10.0 Å². The second-order valence-corrected chi connectivity index (χ2v) is 8.75. The fourth-order valence-corrected chi connectivity index (χ4v) is 4.72. The second kappa shape index (κ2) is 8.46. The van der Waals surface area contributed by atoms with Crippen molar-refractivity contribution in [1.29, 1.82) is 0 Å². The lowest BCUT2D eigenvalue weighted by atomic mass is 10.0. The number of piperidine rings is 1. The number of hydrogen-bond acceptors (Lipinski definition) is 4. The van der Waals surface area contributed by atoms with Crippen LogP contribution in [0.25, 0.3) is 0 Å². The molecular formula is C16H25BrN2O3S. The van der Waals surface area contributed by atoms with E-state index >= 15 is 0 Å². The van der Waals surface area contributed by atoms with Crippen LogP contribution < -0.4 is 9.46 Å². The highest BCUT2D eigenvalue weighted by Crippen LogP contribution is 2.27. The van der Waals surface area contributed by atoms with Crippen LogP contribution in [-0.2, 0) is 10.0 Å². The summed E-state index contributed by atoms with van der Waals surface area (Å²) >= 11 is 3.30. The maximum atomic E-state index is 12.4. The number of benzene rings is 1. The molecular weight excluding hydrogens is 380 g/mol. The molecule has 130 valence electrons. The predicted octanol–water partition coefficient (Wildman–Crippen LogP) is 2.86. The van der Waals surface area contributed by atoms with Crippen molar-refractivity contribution in [3.05, 3.63) is 22.7 Å². The van der Waals surface area contributed by atoms with E-state index in [9.17, 15) is 8.42 Å². The molecule has 0 aromatic heterocycles. The van der Waals surface area contributed by atoms with E-state index in [-0.39, 0.29) is 4.90 Å². The molecule has 1 heterocycles. The van der Waals surface area contributed by atoms with Crippen molar-refractivity contribution in [2.45, 2.75) is 31.1 Å². The monoisotopic (exact) mass is 404 g/mol. The number of hydrogen-bond donors (Lipinski definition) is 1. The molecule has 1 saturated heterocycles. The summed E-state index contributed by atoms with van der Waals surface area (Å²) in [5.74, 6) is 1.09. The van der Waals surface area contributed by atoms with Crippen molar-refractivity contribution in [1.82, 2.24) is 9.62 Å². The van der Waals surface area contributed by atoms with Crippen molar-refractivity contribution >= 4 is 26.0 Å². The van der Waals surface area contributed by atoms with Gasteiger partial charge in [0.25, 0.3) is 0 Å². The van der Waals surface area contributed by atoms with Crippen molar-refractivity contribution < 1.29 is 13.2 Å². The molecule has 1 aromatic carbocycles. The maximum absolute atomic E-state index is 12.4. The van der Waals surface area contributed by atoms with Crippen LogP contribution in [0.15, 0.2) is 27.6 Å². The van der Waals surface area contributed by atoms with Gasteiger partial charge in [-0.05, 0) is 56.5 Å². The lowest BCUT2D eigenvalue weighted by Crippen LogP contribution is -2.36. The fraction of sp³-hybridized carbons (Fsp3) is 0.625. The molecule has 0 saturated carbocycles. The van der Waals surface area contributed by atoms with Gasteiger partial charge >= 0.3 is 0 Å². The van der Waals surface area contributed by atoms with E-state index in [2.05, 4.69) is 32.5 Å². The van der Waals surface area contributed by atoms with E-state index in [1.807, 2.05) is 0 Å². The molecule has 1 aromatic rings. The minimum absolute atomic E-state index is 0.168. The van der Waals surface area contributed by atoms with Crippen LogP contribution in [0.5, 0.6) is 5.75 Å². The number of halogens is 1. The minimum Gasteiger partial charge on any atom is -0.495 e. The normalized spacial score (nSPS) is 19.7. The van der Waals surface area contributed by atoms with E-state index < -0.39 is 10.0 Å². The van der Waals surface area contributed by atoms with Gasteiger partial charge in [-0.1, -0.05) is 22.9 Å². The Labute approximate surface area is 147 Å². The zero-order chi connectivity index (χ0) is 16.9. The van der Waals surface area contributed by atoms with Crippen LogP contribution in [0.4, 0.5) is 0 Å². The third-order valence-electron chi connectivity index (χ3n) is 4.10. The van der Waals surface area contributed by atoms with Crippen LogP contribution in [-0.4, -0.2) is 46.6 Å². The van der Waals surface area contributed by atoms with Crippen molar-refractivity contribution in [2.24, 2.45) is 5.92 Å². The third-order valence-corrected chi connectivity index (χ3v) is 6.08. The Morgan fingerprint density at radius 3 is 2.91 bits per heavy atom. The van der Waals surface area contributed by atoms with E-state index in [1.165, 1.54) is 20.0 Å². The van der Waals surface area contributed by atoms with E-state index in [1.54, 1.807) is 18.2 Å². The van der Waals surface area contributed by atoms with Crippen LogP contribution in [0.2, 0.25) is 0 Å². The Hall–Kier alpha value is -0.630. The number of nitrogens with one attached hydrogen (secondary N) is 1. The second-order valence-electron chi connectivity index (χ2n) is 6.09. The van der Waals surface area contributed by atoms with Gasteiger partial charge in [0.15, 0.2) is 0 Å². The van der Waals surface area contributed by atoms with Crippen LogP contribution in [0.3, 0.4) is 0 Å². The zero-order valence-corrected chi connectivity index (χ0v) is 16.1. The first kappa shape index (κ1) is 18.7. The van der Waals surface area contributed by atoms with Crippen LogP contribution in [0.1, 0.15) is 26.2 Å². The van der Waals surface area contributed by atoms with Crippen LogP contribution >= 0.6 is 15.9 Å². The van der Waals surface area contributed by atoms with Crippen molar-refractivity contribution in [3.63, 3.8) is 0 Å². The maximum Gasteiger partial charge on any atom is 0.244 e. The molecule has 1 aliphatic rings. The molecule has 1 unspecified atom stereocenters. The lowest BCUT2D eigenvalue weighted by Gasteiger charge is -2.30. The first-order chi connectivity index (χ1) is 10.9. The highest BCUT2D eigenvalue weighted by atomic mass is 79.9. The van der Waals surface area contributed by atoms with Gasteiger partial charge in [-0.25, -0.2) is 13.1 Å². The Bertz CT molecular complexity index is 622. The molecule has 0 spiro atoms. The number of nitrogens with zero attached hydrogens (tertiary/aromatic N) is 1. The quantitative estimate of drug-likeness (QED) is 0.709. The molecule has 7 heteroatoms. The highest BCUT2D eigenvalue weighted by Gasteiger charge is 2.20. The highest BCUT2D eigenvalue weighted by molar-refractivity contribution is 9.10. The van der Waals surface area contributed by atoms with Gasteiger partial charge in [0, 0.05) is 17.6 Å². The zero-order valence-electron chi connectivity index (χ0n) is 13.7. The summed E-state index contributed by atoms with van der Waals surface area (Å²) in [4.78, 5) is 2.59. The summed E-state index contributed by atoms with van der Waals surface area (Å²) in [6.07, 6.45) is 3.34. The molecule has 0 amide bonds. The Morgan fingerprint density at radius 2 is 2.22 bits per heavy atom. The topological polar surface area (TPSA) is 58.6 Å². The van der Waals surface area contributed by atoms with Crippen LogP contribution in [0, 0.1) is 5.92 Å². The SMILES string of the molecule is COc1ccc(Br)cc1S(=O)(=O)NCCCN1CCCC(C)C1. The van der Waals surface area contributed by atoms with Gasteiger partial charge in [0.05, 0.1) is 7.11 Å². The first-order valence-corrected chi connectivity index (χ1v) is 10.3. The van der Waals surface area contributed by atoms with Gasteiger partial charge < -0.3 is 9.64 Å². The molecule has 1 aliphatic heterocycles. The molecule has 1 fully saturated rings. The number of methoxy groups -OCH3 is 1. The Morgan fingerprint density at radius 1 is 1.43 bits per heavy atom. The van der Waals surface area contributed by atoms with E-state index in [0.717, 1.165) is 32.0 Å². The molecule has 0 radical (unpaired) electrons. The van der Waals surface area contributed by atoms with E-state index in [0.29, 0.717) is 16.8 Å². The average molecular weight is 405 g/mol. The Balaban J connectivity index is 1.88. The van der Waals surface area contributed by atoms with Crippen molar-refractivity contribution in [2.75, 3.05) is 33.3 Å². The third kappa shape index (κ3) is 5.45. The standard InChI is InChI=1S/C16H25BrN2O3S/c1-13-5-3-9-19(12-13)10-4-8-18-23(20,21)16-11-14(17)6-7-15(16)22-2/h6-7,11,13,18H,3-5,8-10,12H2,1-2H3. The molecule has 0 bridgehead atoms. The molecule has 5 nitrogen and oxygen atoms in total. The number of sulfonamides is 1. The van der Waals surface area contributed by atoms with E-state index in [4.69, 9.17) is 4.74 Å². The number of ether oxygens (including phenoxy) is 1. The summed E-state index contributed by atoms with van der Waals surface area (Å²) in [5.41, 5.74) is 0. The summed E-state index contributed by atoms with van der Waals surface area (Å²) in [6.45, 7) is 5.88. The van der Waals surface area contributed by atoms with Crippen molar-refractivity contribution in [3.8, 4) is 5.75 Å². The largest absolute Gasteiger partial charge is 0.495 e. The summed E-state index contributed by atoms with van der Waals surface area (Å²) in [5, 5.41) is 0. The number of likely N-dealkylation sites (tertiary alicyclic amines) is 1. The van der Waals surface area contributed by atoms with Gasteiger partial charge in [0.1, 0.15) is 10.6 Å². The predicted molar refractivity (Wildman–Crippen MR) is 95.3 cm³/mol. The smallest absolute Gasteiger partial charge is 0.244 e. The molecule has 0 aliphatic carbocycles. The summed E-state index contributed by atoms with van der Waals surface area (Å²) in [7, 11) is -2.09. The fourth-order valence-electron chi connectivity index (χ4n) is 2.94. The molecule has 1 N–H and O–H groups in total. The minimum atomic E-state index is -3.56. The first-order valence-electron chi connectivity index (χ1n) is 7.98. The van der Waals surface area contributed by atoms with Gasteiger partial charge in [-0.2, -0.15) is 0 Å². The summed E-state index contributed by atoms with van der Waals surface area (Å²) in [6, 6.07) is 4.97. The average Bonchev–Trinajstić information content (AvgIpc) is 2.52.